The van der Waals surface area contributed by atoms with E-state index in [9.17, 15) is 18.0 Å². The van der Waals surface area contributed by atoms with E-state index in [1.165, 1.54) is 29.4 Å². The molecule has 1 aliphatic heterocycles. The zero-order valence-corrected chi connectivity index (χ0v) is 13.6. The first kappa shape index (κ1) is 16.2. The van der Waals surface area contributed by atoms with Crippen molar-refractivity contribution in [2.75, 3.05) is 24.7 Å². The standard InChI is InChI=1S/C12H12F3N5OS2/c1-22-11-19-9-7(23-11)8(16-5-17-9)18-6-2-3-20(10(6)21)4-12(13,14)15/h5-6H,2-4H2,1H3,(H,16,17,18). The van der Waals surface area contributed by atoms with Crippen molar-refractivity contribution in [3.63, 3.8) is 0 Å². The fraction of sp³-hybridized carbons (Fsp3) is 0.500. The smallest absolute Gasteiger partial charge is 0.357 e. The van der Waals surface area contributed by atoms with Gasteiger partial charge in [0.05, 0.1) is 0 Å². The lowest BCUT2D eigenvalue weighted by atomic mass is 10.2. The number of aromatic nitrogens is 3. The number of thiazole rings is 1. The van der Waals surface area contributed by atoms with E-state index in [1.807, 2.05) is 6.26 Å². The molecule has 0 radical (unpaired) electrons. The lowest BCUT2D eigenvalue weighted by Gasteiger charge is -2.18. The third kappa shape index (κ3) is 3.50. The maximum absolute atomic E-state index is 12.4. The first-order valence-electron chi connectivity index (χ1n) is 6.65. The van der Waals surface area contributed by atoms with Crippen LogP contribution in [0.3, 0.4) is 0 Å². The molecule has 1 N–H and O–H groups in total. The Morgan fingerprint density at radius 1 is 1.48 bits per heavy atom. The van der Waals surface area contributed by atoms with Gasteiger partial charge in [0, 0.05) is 6.54 Å². The van der Waals surface area contributed by atoms with Gasteiger partial charge < -0.3 is 10.2 Å². The van der Waals surface area contributed by atoms with Crippen LogP contribution in [0.1, 0.15) is 6.42 Å². The highest BCUT2D eigenvalue weighted by atomic mass is 32.2. The molecule has 23 heavy (non-hydrogen) atoms. The summed E-state index contributed by atoms with van der Waals surface area (Å²) in [7, 11) is 0. The van der Waals surface area contributed by atoms with E-state index in [0.29, 0.717) is 22.6 Å². The number of thioether (sulfide) groups is 1. The summed E-state index contributed by atoms with van der Waals surface area (Å²) in [6, 6.07) is -0.713. The van der Waals surface area contributed by atoms with Crippen LogP contribution in [0.15, 0.2) is 10.7 Å². The van der Waals surface area contributed by atoms with Gasteiger partial charge in [-0.2, -0.15) is 13.2 Å². The molecule has 0 aromatic carbocycles. The van der Waals surface area contributed by atoms with E-state index < -0.39 is 24.7 Å². The molecule has 1 fully saturated rings. The van der Waals surface area contributed by atoms with E-state index in [0.717, 1.165) is 9.24 Å². The molecular weight excluding hydrogens is 351 g/mol. The number of carbonyl (C=O) groups is 1. The van der Waals surface area contributed by atoms with Gasteiger partial charge in [-0.3, -0.25) is 4.79 Å². The molecule has 3 heterocycles. The van der Waals surface area contributed by atoms with Crippen molar-refractivity contribution < 1.29 is 18.0 Å². The summed E-state index contributed by atoms with van der Waals surface area (Å²) in [6.45, 7) is -1.15. The van der Waals surface area contributed by atoms with Crippen LogP contribution in [0.4, 0.5) is 19.0 Å². The summed E-state index contributed by atoms with van der Waals surface area (Å²) in [4.78, 5) is 25.4. The molecule has 124 valence electrons. The minimum absolute atomic E-state index is 0.0724. The minimum Gasteiger partial charge on any atom is -0.357 e. The highest BCUT2D eigenvalue weighted by molar-refractivity contribution is 8.00. The van der Waals surface area contributed by atoms with Gasteiger partial charge in [0.15, 0.2) is 9.99 Å². The number of hydrogen-bond acceptors (Lipinski definition) is 7. The molecule has 1 saturated heterocycles. The Morgan fingerprint density at radius 3 is 2.96 bits per heavy atom. The van der Waals surface area contributed by atoms with E-state index in [1.54, 1.807) is 0 Å². The second-order valence-electron chi connectivity index (χ2n) is 4.92. The molecule has 1 atom stereocenters. The minimum atomic E-state index is -4.39. The molecule has 2 aromatic heterocycles. The van der Waals surface area contributed by atoms with E-state index in [-0.39, 0.29) is 6.54 Å². The van der Waals surface area contributed by atoms with Crippen LogP contribution in [0.25, 0.3) is 10.3 Å². The first-order valence-corrected chi connectivity index (χ1v) is 8.69. The molecule has 3 rings (SSSR count). The normalized spacial score (nSPS) is 18.9. The Morgan fingerprint density at radius 2 is 2.26 bits per heavy atom. The number of likely N-dealkylation sites (tertiary alicyclic amines) is 1. The number of alkyl halides is 3. The number of halogens is 3. The lowest BCUT2D eigenvalue weighted by molar-refractivity contribution is -0.157. The second-order valence-corrected chi connectivity index (χ2v) is 6.97. The molecular formula is C12H12F3N5OS2. The number of carbonyl (C=O) groups excluding carboxylic acids is 1. The molecule has 0 aliphatic carbocycles. The molecule has 1 amide bonds. The van der Waals surface area contributed by atoms with Gasteiger partial charge >= 0.3 is 6.18 Å². The largest absolute Gasteiger partial charge is 0.406 e. The number of nitrogens with zero attached hydrogens (tertiary/aromatic N) is 4. The average Bonchev–Trinajstić information content (AvgIpc) is 3.04. The summed E-state index contributed by atoms with van der Waals surface area (Å²) >= 11 is 2.84. The van der Waals surface area contributed by atoms with Gasteiger partial charge in [-0.25, -0.2) is 15.0 Å². The molecule has 6 nitrogen and oxygen atoms in total. The van der Waals surface area contributed by atoms with Crippen molar-refractivity contribution in [1.82, 2.24) is 19.9 Å². The van der Waals surface area contributed by atoms with E-state index >= 15 is 0 Å². The maximum atomic E-state index is 12.4. The van der Waals surface area contributed by atoms with E-state index in [2.05, 4.69) is 20.3 Å². The third-order valence-electron chi connectivity index (χ3n) is 3.32. The predicted molar refractivity (Wildman–Crippen MR) is 81.7 cm³/mol. The zero-order valence-electron chi connectivity index (χ0n) is 11.9. The monoisotopic (exact) mass is 363 g/mol. The molecule has 0 bridgehead atoms. The van der Waals surface area contributed by atoms with Crippen molar-refractivity contribution in [1.29, 1.82) is 0 Å². The average molecular weight is 363 g/mol. The molecule has 1 unspecified atom stereocenters. The number of hydrogen-bond donors (Lipinski definition) is 1. The number of anilines is 1. The first-order chi connectivity index (χ1) is 10.9. The number of amides is 1. The van der Waals surface area contributed by atoms with E-state index in [4.69, 9.17) is 0 Å². The van der Waals surface area contributed by atoms with Gasteiger partial charge in [-0.15, -0.1) is 11.3 Å². The van der Waals surface area contributed by atoms with Crippen LogP contribution >= 0.6 is 23.1 Å². The third-order valence-corrected chi connectivity index (χ3v) is 5.36. The fourth-order valence-corrected chi connectivity index (χ4v) is 3.80. The predicted octanol–water partition coefficient (Wildman–Crippen LogP) is 2.38. The number of rotatable bonds is 4. The van der Waals surface area contributed by atoms with Crippen molar-refractivity contribution in [3.05, 3.63) is 6.33 Å². The quantitative estimate of drug-likeness (QED) is 0.841. The summed E-state index contributed by atoms with van der Waals surface area (Å²) in [5.41, 5.74) is 0.509. The van der Waals surface area contributed by atoms with Gasteiger partial charge in [-0.05, 0) is 12.7 Å². The molecule has 0 spiro atoms. The highest BCUT2D eigenvalue weighted by Gasteiger charge is 2.39. The fourth-order valence-electron chi connectivity index (χ4n) is 2.34. The van der Waals surface area contributed by atoms with Crippen molar-refractivity contribution in [2.24, 2.45) is 0 Å². The molecule has 0 saturated carbocycles. The molecule has 2 aromatic rings. The summed E-state index contributed by atoms with van der Waals surface area (Å²) in [5.74, 6) is -0.135. The summed E-state index contributed by atoms with van der Waals surface area (Å²) in [6.07, 6.45) is -0.887. The van der Waals surface area contributed by atoms with Crippen LogP contribution in [-0.2, 0) is 4.79 Å². The van der Waals surface area contributed by atoms with Gasteiger partial charge in [0.25, 0.3) is 0 Å². The van der Waals surface area contributed by atoms with Gasteiger partial charge in [0.2, 0.25) is 5.91 Å². The van der Waals surface area contributed by atoms with Gasteiger partial charge in [-0.1, -0.05) is 11.8 Å². The summed E-state index contributed by atoms with van der Waals surface area (Å²) in [5, 5.41) is 2.94. The Hall–Kier alpha value is -1.62. The Labute approximate surface area is 137 Å². The summed E-state index contributed by atoms with van der Waals surface area (Å²) < 4.78 is 38.8. The van der Waals surface area contributed by atoms with Crippen LogP contribution in [0.2, 0.25) is 0 Å². The van der Waals surface area contributed by atoms with Crippen LogP contribution in [0.5, 0.6) is 0 Å². The number of nitrogens with one attached hydrogen (secondary N) is 1. The van der Waals surface area contributed by atoms with Crippen molar-refractivity contribution >= 4 is 45.2 Å². The van der Waals surface area contributed by atoms with Crippen molar-refractivity contribution in [3.8, 4) is 0 Å². The lowest BCUT2D eigenvalue weighted by Crippen LogP contribution is -2.39. The Kier molecular flexibility index (Phi) is 4.32. The van der Waals surface area contributed by atoms with Crippen LogP contribution in [-0.4, -0.2) is 57.3 Å². The van der Waals surface area contributed by atoms with Gasteiger partial charge in [0.1, 0.15) is 29.4 Å². The highest BCUT2D eigenvalue weighted by Crippen LogP contribution is 2.32. The topological polar surface area (TPSA) is 71.0 Å². The molecule has 11 heteroatoms. The van der Waals surface area contributed by atoms with Crippen molar-refractivity contribution in [2.45, 2.75) is 23.0 Å². The Balaban J connectivity index is 1.78. The number of fused-ring (bicyclic) bond motifs is 1. The SMILES string of the molecule is CSc1nc2ncnc(NC3CCN(CC(F)(F)F)C3=O)c2s1. The second kappa shape index (κ2) is 6.11. The zero-order chi connectivity index (χ0) is 16.6. The van der Waals surface area contributed by atoms with Crippen LogP contribution in [0, 0.1) is 0 Å². The maximum Gasteiger partial charge on any atom is 0.406 e. The van der Waals surface area contributed by atoms with Crippen LogP contribution < -0.4 is 5.32 Å². The molecule has 1 aliphatic rings. The Bertz CT molecular complexity index is 735.